The van der Waals surface area contributed by atoms with Gasteiger partial charge in [-0.05, 0) is 54.2 Å². The average Bonchev–Trinajstić information content (AvgIpc) is 3.32. The van der Waals surface area contributed by atoms with E-state index >= 15 is 0 Å². The van der Waals surface area contributed by atoms with E-state index in [1.165, 1.54) is 12.1 Å². The second-order valence-electron chi connectivity index (χ2n) is 10.3. The van der Waals surface area contributed by atoms with Crippen molar-refractivity contribution in [1.29, 1.82) is 0 Å². The van der Waals surface area contributed by atoms with Gasteiger partial charge in [0.1, 0.15) is 0 Å². The van der Waals surface area contributed by atoms with Crippen molar-refractivity contribution in [3.8, 4) is 5.75 Å². The third-order valence-electron chi connectivity index (χ3n) is 6.14. The number of ether oxygens (including phenoxy) is 2. The highest BCUT2D eigenvalue weighted by Crippen LogP contribution is 2.39. The van der Waals surface area contributed by atoms with Crippen LogP contribution in [0.2, 0.25) is 0 Å². The first-order valence-corrected chi connectivity index (χ1v) is 13.8. The fourth-order valence-electron chi connectivity index (χ4n) is 4.01. The monoisotopic (exact) mass is 531 g/mol. The zero-order chi connectivity index (χ0) is 27.5. The maximum atomic E-state index is 13.3. The third kappa shape index (κ3) is 7.15. The van der Waals surface area contributed by atoms with Gasteiger partial charge in [-0.2, -0.15) is 0 Å². The first-order valence-electron chi connectivity index (χ1n) is 11.9. The Bertz CT molecular complexity index is 1300. The van der Waals surface area contributed by atoms with Crippen molar-refractivity contribution >= 4 is 33.0 Å². The van der Waals surface area contributed by atoms with Crippen LogP contribution in [0.15, 0.2) is 42.2 Å². The number of amides is 1. The van der Waals surface area contributed by atoms with E-state index in [9.17, 15) is 13.2 Å². The molecular formula is C26H37N5O5S. The molecule has 1 atom stereocenters. The highest BCUT2D eigenvalue weighted by molar-refractivity contribution is 7.92. The second-order valence-corrected chi connectivity index (χ2v) is 12.0. The molecule has 37 heavy (non-hydrogen) atoms. The van der Waals surface area contributed by atoms with E-state index in [4.69, 9.17) is 21.1 Å². The van der Waals surface area contributed by atoms with Crippen molar-refractivity contribution in [2.45, 2.75) is 39.5 Å². The molecule has 1 unspecified atom stereocenters. The molecule has 6 N–H and O–H groups in total. The number of anilines is 3. The molecule has 1 saturated heterocycles. The molecule has 202 valence electrons. The van der Waals surface area contributed by atoms with Crippen LogP contribution in [0.25, 0.3) is 0 Å². The Kier molecular flexibility index (Phi) is 8.41. The lowest BCUT2D eigenvalue weighted by atomic mass is 9.86. The first-order chi connectivity index (χ1) is 17.2. The summed E-state index contributed by atoms with van der Waals surface area (Å²) in [5, 5.41) is 4.28. The van der Waals surface area contributed by atoms with Crippen molar-refractivity contribution in [3.63, 3.8) is 0 Å². The van der Waals surface area contributed by atoms with E-state index in [2.05, 4.69) is 10.0 Å². The number of carbonyl (C=O) groups excluding carboxylic acids is 1. The van der Waals surface area contributed by atoms with Crippen LogP contribution < -0.4 is 31.4 Å². The summed E-state index contributed by atoms with van der Waals surface area (Å²) in [4.78, 5) is 13.3. The maximum Gasteiger partial charge on any atom is 0.255 e. The molecule has 2 aromatic carbocycles. The molecule has 10 nitrogen and oxygen atoms in total. The lowest BCUT2D eigenvalue weighted by Crippen LogP contribution is -2.28. The van der Waals surface area contributed by atoms with Gasteiger partial charge in [0, 0.05) is 30.0 Å². The van der Waals surface area contributed by atoms with Gasteiger partial charge in [0.15, 0.2) is 5.75 Å². The van der Waals surface area contributed by atoms with Gasteiger partial charge in [0.2, 0.25) is 10.0 Å². The van der Waals surface area contributed by atoms with E-state index < -0.39 is 15.9 Å². The molecule has 0 saturated carbocycles. The number of methoxy groups -OCH3 is 1. The number of nitrogens with two attached hydrogens (primary N) is 2. The fraction of sp³-hybridized carbons (Fsp3) is 0.423. The van der Waals surface area contributed by atoms with Gasteiger partial charge in [0.05, 0.1) is 37.0 Å². The molecule has 1 aliphatic rings. The SMILES string of the molecule is COc1c(NC(=O)c2ccc(C)c(N(N)C=C(N)C3CCOC3)c2)cc(C(C)(C)C)cc1NS(C)(=O)=O. The minimum atomic E-state index is -3.59. The van der Waals surface area contributed by atoms with Crippen LogP contribution in [0.4, 0.5) is 17.1 Å². The fourth-order valence-corrected chi connectivity index (χ4v) is 4.56. The number of rotatable bonds is 8. The topological polar surface area (TPSA) is 149 Å². The molecule has 0 spiro atoms. The van der Waals surface area contributed by atoms with Gasteiger partial charge in [-0.3, -0.25) is 14.5 Å². The summed E-state index contributed by atoms with van der Waals surface area (Å²) in [7, 11) is -2.18. The summed E-state index contributed by atoms with van der Waals surface area (Å²) in [6.07, 6.45) is 3.55. The lowest BCUT2D eigenvalue weighted by Gasteiger charge is -2.24. The van der Waals surface area contributed by atoms with Crippen LogP contribution in [-0.2, 0) is 20.2 Å². The van der Waals surface area contributed by atoms with Crippen LogP contribution >= 0.6 is 0 Å². The van der Waals surface area contributed by atoms with E-state index in [0.29, 0.717) is 35.8 Å². The summed E-state index contributed by atoms with van der Waals surface area (Å²) >= 11 is 0. The van der Waals surface area contributed by atoms with Gasteiger partial charge < -0.3 is 20.5 Å². The standard InChI is InChI=1S/C26H37N5O5S/c1-16-7-8-17(11-23(16)31(28)14-20(27)18-9-10-36-15-18)25(32)29-21-12-19(26(2,3)4)13-22(24(21)35-5)30-37(6,33)34/h7-8,11-14,18,30H,9-10,15,27-28H2,1-6H3,(H,29,32). The van der Waals surface area contributed by atoms with Crippen molar-refractivity contribution in [2.75, 3.05) is 41.6 Å². The molecule has 11 heteroatoms. The predicted octanol–water partition coefficient (Wildman–Crippen LogP) is 3.44. The van der Waals surface area contributed by atoms with Gasteiger partial charge >= 0.3 is 0 Å². The molecule has 1 amide bonds. The molecule has 1 aliphatic heterocycles. The Morgan fingerprint density at radius 2 is 1.89 bits per heavy atom. The molecule has 0 bridgehead atoms. The van der Waals surface area contributed by atoms with E-state index in [-0.39, 0.29) is 22.8 Å². The number of hydrogen-bond acceptors (Lipinski definition) is 8. The van der Waals surface area contributed by atoms with Gasteiger partial charge in [-0.1, -0.05) is 26.8 Å². The lowest BCUT2D eigenvalue weighted by molar-refractivity contribution is 0.102. The smallest absolute Gasteiger partial charge is 0.255 e. The van der Waals surface area contributed by atoms with Crippen LogP contribution in [0.3, 0.4) is 0 Å². The van der Waals surface area contributed by atoms with Gasteiger partial charge in [-0.15, -0.1) is 0 Å². The maximum absolute atomic E-state index is 13.3. The Balaban J connectivity index is 1.96. The number of hydrogen-bond donors (Lipinski definition) is 4. The highest BCUT2D eigenvalue weighted by atomic mass is 32.2. The summed E-state index contributed by atoms with van der Waals surface area (Å²) in [6.45, 7) is 9.08. The van der Waals surface area contributed by atoms with Crippen LogP contribution in [-0.4, -0.2) is 40.9 Å². The molecule has 0 aliphatic carbocycles. The highest BCUT2D eigenvalue weighted by Gasteiger charge is 2.23. The molecular weight excluding hydrogens is 494 g/mol. The largest absolute Gasteiger partial charge is 0.492 e. The predicted molar refractivity (Wildman–Crippen MR) is 147 cm³/mol. The Morgan fingerprint density at radius 1 is 1.22 bits per heavy atom. The van der Waals surface area contributed by atoms with E-state index in [0.717, 1.165) is 23.8 Å². The van der Waals surface area contributed by atoms with Crippen LogP contribution in [0.1, 0.15) is 48.7 Å². The van der Waals surface area contributed by atoms with Crippen LogP contribution in [0.5, 0.6) is 5.75 Å². The summed E-state index contributed by atoms with van der Waals surface area (Å²) in [5.41, 5.74) is 9.72. The normalized spacial score (nSPS) is 16.4. The quantitative estimate of drug-likeness (QED) is 0.299. The average molecular weight is 532 g/mol. The molecule has 1 fully saturated rings. The van der Waals surface area contributed by atoms with E-state index in [1.807, 2.05) is 27.7 Å². The summed E-state index contributed by atoms with van der Waals surface area (Å²) in [5.74, 6) is 6.20. The number of aryl methyl sites for hydroxylation is 1. The summed E-state index contributed by atoms with van der Waals surface area (Å²) in [6, 6.07) is 8.65. The molecule has 3 rings (SSSR count). The zero-order valence-electron chi connectivity index (χ0n) is 22.2. The number of nitrogens with one attached hydrogen (secondary N) is 2. The molecule has 1 heterocycles. The van der Waals surface area contributed by atoms with Gasteiger partial charge in [0.25, 0.3) is 5.91 Å². The second kappa shape index (κ2) is 11.0. The number of carbonyl (C=O) groups is 1. The van der Waals surface area contributed by atoms with Crippen molar-refractivity contribution < 1.29 is 22.7 Å². The minimum Gasteiger partial charge on any atom is -0.492 e. The Hall–Kier alpha value is -3.28. The molecule has 0 aromatic heterocycles. The number of nitrogens with zero attached hydrogens (tertiary/aromatic N) is 1. The molecule has 2 aromatic rings. The number of hydrazine groups is 1. The van der Waals surface area contributed by atoms with Gasteiger partial charge in [-0.25, -0.2) is 14.3 Å². The minimum absolute atomic E-state index is 0.107. The Morgan fingerprint density at radius 3 is 2.46 bits per heavy atom. The number of sulfonamides is 1. The van der Waals surface area contributed by atoms with Crippen LogP contribution in [0, 0.1) is 12.8 Å². The van der Waals surface area contributed by atoms with E-state index in [1.54, 1.807) is 36.5 Å². The molecule has 0 radical (unpaired) electrons. The third-order valence-corrected chi connectivity index (χ3v) is 6.73. The number of benzene rings is 2. The van der Waals surface area contributed by atoms with Crippen molar-refractivity contribution in [3.05, 3.63) is 58.9 Å². The zero-order valence-corrected chi connectivity index (χ0v) is 23.0. The van der Waals surface area contributed by atoms with Crippen molar-refractivity contribution in [1.82, 2.24) is 0 Å². The first kappa shape index (κ1) is 28.3. The van der Waals surface area contributed by atoms with Crippen molar-refractivity contribution in [2.24, 2.45) is 17.5 Å². The summed E-state index contributed by atoms with van der Waals surface area (Å²) < 4.78 is 37.4. The Labute approximate surface area is 219 Å².